The van der Waals surface area contributed by atoms with Gasteiger partial charge in [-0.1, -0.05) is 24.3 Å². The minimum absolute atomic E-state index is 0.327. The van der Waals surface area contributed by atoms with Crippen LogP contribution in [0.15, 0.2) is 29.3 Å². The number of ether oxygens (including phenoxy) is 1. The molecule has 0 radical (unpaired) electrons. The Morgan fingerprint density at radius 2 is 1.81 bits per heavy atom. The third-order valence-electron chi connectivity index (χ3n) is 5.18. The van der Waals surface area contributed by atoms with Crippen LogP contribution >= 0.6 is 0 Å². The highest BCUT2D eigenvalue weighted by Crippen LogP contribution is 2.14. The van der Waals surface area contributed by atoms with E-state index in [-0.39, 0.29) is 6.09 Å². The highest BCUT2D eigenvalue weighted by Gasteiger charge is 2.19. The molecule has 3 rings (SSSR count). The van der Waals surface area contributed by atoms with Crippen LogP contribution in [0.1, 0.15) is 56.4 Å². The monoisotopic (exact) mass is 441 g/mol. The van der Waals surface area contributed by atoms with Crippen LogP contribution in [0, 0.1) is 0 Å². The molecule has 2 heterocycles. The van der Waals surface area contributed by atoms with Gasteiger partial charge in [-0.15, -0.1) is 10.2 Å². The first-order valence-electron chi connectivity index (χ1n) is 11.1. The molecule has 1 aromatic heterocycles. The summed E-state index contributed by atoms with van der Waals surface area (Å²) >= 11 is 0. The number of rotatable bonds is 6. The molecule has 174 valence electrons. The van der Waals surface area contributed by atoms with Gasteiger partial charge in [-0.05, 0) is 44.7 Å². The number of aromatic nitrogens is 3. The largest absolute Gasteiger partial charge is 0.444 e. The molecule has 2 aromatic rings. The summed E-state index contributed by atoms with van der Waals surface area (Å²) in [6.07, 6.45) is 3.04. The van der Waals surface area contributed by atoms with Crippen molar-refractivity contribution in [3.8, 4) is 0 Å². The number of guanidine groups is 1. The Kier molecular flexibility index (Phi) is 7.71. The van der Waals surface area contributed by atoms with Crippen molar-refractivity contribution in [1.82, 2.24) is 30.3 Å². The zero-order valence-corrected chi connectivity index (χ0v) is 19.8. The van der Waals surface area contributed by atoms with Crippen molar-refractivity contribution < 1.29 is 9.53 Å². The molecule has 0 spiro atoms. The van der Waals surface area contributed by atoms with Gasteiger partial charge < -0.3 is 24.8 Å². The van der Waals surface area contributed by atoms with Gasteiger partial charge in [0.15, 0.2) is 11.8 Å². The summed E-state index contributed by atoms with van der Waals surface area (Å²) in [4.78, 5) is 18.0. The maximum Gasteiger partial charge on any atom is 0.410 e. The molecule has 0 atom stereocenters. The van der Waals surface area contributed by atoms with E-state index < -0.39 is 5.60 Å². The predicted octanol–water partition coefficient (Wildman–Crippen LogP) is 2.85. The fourth-order valence-corrected chi connectivity index (χ4v) is 3.51. The van der Waals surface area contributed by atoms with Crippen molar-refractivity contribution in [2.45, 2.75) is 71.8 Å². The van der Waals surface area contributed by atoms with E-state index in [1.165, 1.54) is 12.8 Å². The second kappa shape index (κ2) is 10.5. The standard InChI is InChI=1S/C23H35N7O2/c1-23(2,3)32-22(31)29(5)16-18-11-9-17(10-12-18)14-25-21(24-4)26-15-20-28-27-19-8-6-7-13-30(19)20/h9-12H,6-8,13-16H2,1-5H3,(H2,24,25,26). The number of benzene rings is 1. The number of hydrogen-bond donors (Lipinski definition) is 2. The molecule has 0 unspecified atom stereocenters. The van der Waals surface area contributed by atoms with Gasteiger partial charge in [0.1, 0.15) is 11.4 Å². The van der Waals surface area contributed by atoms with Gasteiger partial charge >= 0.3 is 6.09 Å². The second-order valence-corrected chi connectivity index (χ2v) is 9.07. The summed E-state index contributed by atoms with van der Waals surface area (Å²) < 4.78 is 7.61. The Bertz CT molecular complexity index is 929. The molecule has 1 aromatic carbocycles. The van der Waals surface area contributed by atoms with Crippen LogP contribution in [0.3, 0.4) is 0 Å². The molecule has 9 heteroatoms. The van der Waals surface area contributed by atoms with Gasteiger partial charge in [-0.3, -0.25) is 4.99 Å². The maximum atomic E-state index is 12.1. The summed E-state index contributed by atoms with van der Waals surface area (Å²) in [5, 5.41) is 15.3. The van der Waals surface area contributed by atoms with E-state index in [1.807, 2.05) is 45.0 Å². The lowest BCUT2D eigenvalue weighted by molar-refractivity contribution is 0.0285. The van der Waals surface area contributed by atoms with Gasteiger partial charge in [0.05, 0.1) is 6.54 Å². The normalized spacial score (nSPS) is 14.0. The first kappa shape index (κ1) is 23.6. The predicted molar refractivity (Wildman–Crippen MR) is 124 cm³/mol. The minimum Gasteiger partial charge on any atom is -0.444 e. The van der Waals surface area contributed by atoms with Crippen molar-refractivity contribution in [3.05, 3.63) is 47.0 Å². The van der Waals surface area contributed by atoms with Crippen molar-refractivity contribution in [2.24, 2.45) is 4.99 Å². The fraction of sp³-hybridized carbons (Fsp3) is 0.565. The van der Waals surface area contributed by atoms with E-state index in [1.54, 1.807) is 19.0 Å². The van der Waals surface area contributed by atoms with Gasteiger partial charge in [-0.2, -0.15) is 0 Å². The maximum absolute atomic E-state index is 12.1. The number of aliphatic imine (C=N–C) groups is 1. The second-order valence-electron chi connectivity index (χ2n) is 9.07. The smallest absolute Gasteiger partial charge is 0.410 e. The number of nitrogens with one attached hydrogen (secondary N) is 2. The molecule has 1 aliphatic heterocycles. The molecule has 0 saturated carbocycles. The molecule has 32 heavy (non-hydrogen) atoms. The zero-order chi connectivity index (χ0) is 23.1. The average Bonchev–Trinajstić information content (AvgIpc) is 3.17. The first-order valence-corrected chi connectivity index (χ1v) is 11.1. The van der Waals surface area contributed by atoms with Crippen LogP contribution in [0.4, 0.5) is 4.79 Å². The molecular formula is C23H35N7O2. The number of carbonyl (C=O) groups is 1. The van der Waals surface area contributed by atoms with Gasteiger partial charge in [-0.25, -0.2) is 4.79 Å². The number of aryl methyl sites for hydroxylation is 1. The molecule has 9 nitrogen and oxygen atoms in total. The van der Waals surface area contributed by atoms with E-state index in [0.29, 0.717) is 25.6 Å². The van der Waals surface area contributed by atoms with E-state index >= 15 is 0 Å². The van der Waals surface area contributed by atoms with Crippen LogP contribution in [0.5, 0.6) is 0 Å². The van der Waals surface area contributed by atoms with E-state index in [0.717, 1.165) is 35.7 Å². The highest BCUT2D eigenvalue weighted by molar-refractivity contribution is 5.79. The number of hydrogen-bond acceptors (Lipinski definition) is 5. The summed E-state index contributed by atoms with van der Waals surface area (Å²) in [6.45, 7) is 8.30. The van der Waals surface area contributed by atoms with Crippen LogP contribution in [-0.2, 0) is 37.3 Å². The highest BCUT2D eigenvalue weighted by atomic mass is 16.6. The van der Waals surface area contributed by atoms with Crippen molar-refractivity contribution in [2.75, 3.05) is 14.1 Å². The lowest BCUT2D eigenvalue weighted by Gasteiger charge is -2.24. The van der Waals surface area contributed by atoms with E-state index in [2.05, 4.69) is 30.4 Å². The molecule has 1 amide bonds. The summed E-state index contributed by atoms with van der Waals surface area (Å²) in [6, 6.07) is 8.15. The molecular weight excluding hydrogens is 406 g/mol. The molecule has 0 fully saturated rings. The average molecular weight is 442 g/mol. The molecule has 1 aliphatic rings. The van der Waals surface area contributed by atoms with Crippen molar-refractivity contribution in [3.63, 3.8) is 0 Å². The van der Waals surface area contributed by atoms with Crippen molar-refractivity contribution >= 4 is 12.1 Å². The third-order valence-corrected chi connectivity index (χ3v) is 5.18. The summed E-state index contributed by atoms with van der Waals surface area (Å²) in [5.74, 6) is 2.74. The van der Waals surface area contributed by atoms with Gasteiger partial charge in [0, 0.05) is 40.2 Å². The lowest BCUT2D eigenvalue weighted by Crippen LogP contribution is -2.37. The lowest BCUT2D eigenvalue weighted by atomic mass is 10.1. The van der Waals surface area contributed by atoms with Crippen LogP contribution < -0.4 is 10.6 Å². The van der Waals surface area contributed by atoms with Crippen LogP contribution in [-0.4, -0.2) is 51.4 Å². The van der Waals surface area contributed by atoms with Crippen LogP contribution in [0.25, 0.3) is 0 Å². The number of carbonyl (C=O) groups excluding carboxylic acids is 1. The van der Waals surface area contributed by atoms with E-state index in [4.69, 9.17) is 4.74 Å². The Hall–Kier alpha value is -3.10. The topological polar surface area (TPSA) is 96.7 Å². The Balaban J connectivity index is 1.46. The Labute approximate surface area is 190 Å². The number of amides is 1. The first-order chi connectivity index (χ1) is 15.2. The molecule has 0 saturated heterocycles. The molecule has 2 N–H and O–H groups in total. The Morgan fingerprint density at radius 3 is 2.50 bits per heavy atom. The van der Waals surface area contributed by atoms with Crippen LogP contribution in [0.2, 0.25) is 0 Å². The number of nitrogens with zero attached hydrogens (tertiary/aromatic N) is 5. The summed E-state index contributed by atoms with van der Waals surface area (Å²) in [5.41, 5.74) is 1.67. The fourth-order valence-electron chi connectivity index (χ4n) is 3.51. The van der Waals surface area contributed by atoms with Gasteiger partial charge in [0.25, 0.3) is 0 Å². The zero-order valence-electron chi connectivity index (χ0n) is 19.8. The van der Waals surface area contributed by atoms with Crippen molar-refractivity contribution in [1.29, 1.82) is 0 Å². The van der Waals surface area contributed by atoms with E-state index in [9.17, 15) is 4.79 Å². The minimum atomic E-state index is -0.499. The van der Waals surface area contributed by atoms with Gasteiger partial charge in [0.2, 0.25) is 0 Å². The quantitative estimate of drug-likeness (QED) is 0.529. The molecule has 0 aliphatic carbocycles. The Morgan fingerprint density at radius 1 is 1.12 bits per heavy atom. The number of fused-ring (bicyclic) bond motifs is 1. The SMILES string of the molecule is CN=C(NCc1ccc(CN(C)C(=O)OC(C)(C)C)cc1)NCc1nnc2n1CCCC2. The third kappa shape index (κ3) is 6.70. The summed E-state index contributed by atoms with van der Waals surface area (Å²) in [7, 11) is 3.50. The molecule has 0 bridgehead atoms.